The number of ether oxygens (including phenoxy) is 1. The van der Waals surface area contributed by atoms with E-state index in [4.69, 9.17) is 9.84 Å². The lowest BCUT2D eigenvalue weighted by atomic mass is 10.6. The van der Waals surface area contributed by atoms with Gasteiger partial charge in [0, 0.05) is 12.4 Å². The maximum Gasteiger partial charge on any atom is 0.341 e. The van der Waals surface area contributed by atoms with Gasteiger partial charge in [-0.2, -0.15) is 0 Å². The van der Waals surface area contributed by atoms with Crippen LogP contribution in [0.1, 0.15) is 0 Å². The van der Waals surface area contributed by atoms with Crippen LogP contribution in [0.3, 0.4) is 0 Å². The normalized spacial score (nSPS) is 9.20. The third kappa shape index (κ3) is 1.81. The Morgan fingerprint density at radius 3 is 3.10 bits per heavy atom. The van der Waals surface area contributed by atoms with Crippen molar-refractivity contribution in [3.8, 4) is 5.75 Å². The lowest BCUT2D eigenvalue weighted by molar-refractivity contribution is -0.139. The molecule has 54 valence electrons. The molecule has 4 heteroatoms. The summed E-state index contributed by atoms with van der Waals surface area (Å²) in [6.07, 6.45) is 3.25. The van der Waals surface area contributed by atoms with Crippen molar-refractivity contribution in [3.63, 3.8) is 0 Å². The van der Waals surface area contributed by atoms with Crippen LogP contribution in [0.25, 0.3) is 0 Å². The van der Waals surface area contributed by atoms with Crippen LogP contribution >= 0.6 is 0 Å². The molecule has 0 bridgehead atoms. The summed E-state index contributed by atoms with van der Waals surface area (Å²) in [5, 5.41) is 8.18. The highest BCUT2D eigenvalue weighted by molar-refractivity contribution is 5.68. The van der Waals surface area contributed by atoms with E-state index in [2.05, 4.69) is 4.98 Å². The van der Waals surface area contributed by atoms with Crippen molar-refractivity contribution in [3.05, 3.63) is 18.5 Å². The number of H-pyrrole nitrogens is 1. The Morgan fingerprint density at radius 2 is 2.60 bits per heavy atom. The molecular weight excluding hydrogens is 134 g/mol. The van der Waals surface area contributed by atoms with Crippen molar-refractivity contribution < 1.29 is 14.6 Å². The number of nitrogens with one attached hydrogen (secondary N) is 1. The van der Waals surface area contributed by atoms with Crippen molar-refractivity contribution in [2.75, 3.05) is 6.61 Å². The minimum atomic E-state index is -0.971. The maximum atomic E-state index is 9.96. The number of carboxylic acid groups (broad SMARTS) is 1. The van der Waals surface area contributed by atoms with E-state index in [0.29, 0.717) is 5.75 Å². The van der Waals surface area contributed by atoms with Gasteiger partial charge in [0.2, 0.25) is 0 Å². The highest BCUT2D eigenvalue weighted by Crippen LogP contribution is 2.05. The van der Waals surface area contributed by atoms with E-state index in [1.165, 1.54) is 0 Å². The van der Waals surface area contributed by atoms with Gasteiger partial charge in [-0.15, -0.1) is 0 Å². The largest absolute Gasteiger partial charge is 0.480 e. The minimum Gasteiger partial charge on any atom is -0.480 e. The van der Waals surface area contributed by atoms with E-state index < -0.39 is 5.97 Å². The monoisotopic (exact) mass is 141 g/mol. The van der Waals surface area contributed by atoms with Gasteiger partial charge >= 0.3 is 5.97 Å². The molecule has 0 saturated heterocycles. The average molecular weight is 141 g/mol. The minimum absolute atomic E-state index is 0.294. The van der Waals surface area contributed by atoms with Crippen molar-refractivity contribution in [1.82, 2.24) is 4.98 Å². The summed E-state index contributed by atoms with van der Waals surface area (Å²) in [5.41, 5.74) is 0. The number of carbonyl (C=O) groups is 1. The number of aromatic nitrogens is 1. The standard InChI is InChI=1S/C6H7NO3/c8-6(9)4-10-5-1-2-7-3-5/h1-3,7H,4H2,(H,8,9). The van der Waals surface area contributed by atoms with Gasteiger partial charge in [0.05, 0.1) is 0 Å². The summed E-state index contributed by atoms with van der Waals surface area (Å²) in [6, 6.07) is 1.66. The Hall–Kier alpha value is -1.45. The van der Waals surface area contributed by atoms with E-state index in [9.17, 15) is 4.79 Å². The number of hydrogen-bond donors (Lipinski definition) is 2. The van der Waals surface area contributed by atoms with Crippen LogP contribution < -0.4 is 4.74 Å². The molecule has 0 saturated carbocycles. The molecule has 0 aliphatic heterocycles. The number of rotatable bonds is 3. The summed E-state index contributed by atoms with van der Waals surface area (Å²) in [4.78, 5) is 12.7. The fourth-order valence-corrected chi connectivity index (χ4v) is 0.543. The third-order valence-corrected chi connectivity index (χ3v) is 0.932. The molecule has 0 amide bonds. The molecule has 0 fully saturated rings. The molecule has 10 heavy (non-hydrogen) atoms. The summed E-state index contributed by atoms with van der Waals surface area (Å²) >= 11 is 0. The molecule has 0 aromatic carbocycles. The van der Waals surface area contributed by atoms with Gasteiger partial charge in [-0.05, 0) is 6.07 Å². The lowest BCUT2D eigenvalue weighted by Crippen LogP contribution is -2.08. The molecule has 1 aromatic rings. The molecule has 0 unspecified atom stereocenters. The first-order chi connectivity index (χ1) is 4.79. The van der Waals surface area contributed by atoms with Gasteiger partial charge in [-0.25, -0.2) is 4.79 Å². The molecule has 1 aromatic heterocycles. The maximum absolute atomic E-state index is 9.96. The zero-order valence-electron chi connectivity index (χ0n) is 5.20. The molecule has 0 aliphatic rings. The predicted molar refractivity (Wildman–Crippen MR) is 33.9 cm³/mol. The second kappa shape index (κ2) is 2.91. The molecule has 2 N–H and O–H groups in total. The Bertz CT molecular complexity index is 205. The Kier molecular flexibility index (Phi) is 1.94. The van der Waals surface area contributed by atoms with E-state index in [1.807, 2.05) is 0 Å². The number of hydrogen-bond acceptors (Lipinski definition) is 2. The van der Waals surface area contributed by atoms with Gasteiger partial charge in [0.1, 0.15) is 5.75 Å². The van der Waals surface area contributed by atoms with Crippen LogP contribution in [0.5, 0.6) is 5.75 Å². The predicted octanol–water partition coefficient (Wildman–Crippen LogP) is 0.478. The first kappa shape index (κ1) is 6.67. The fraction of sp³-hybridized carbons (Fsp3) is 0.167. The summed E-state index contributed by atoms with van der Waals surface area (Å²) in [7, 11) is 0. The fourth-order valence-electron chi connectivity index (χ4n) is 0.543. The van der Waals surface area contributed by atoms with E-state index in [-0.39, 0.29) is 6.61 Å². The van der Waals surface area contributed by atoms with E-state index in [0.717, 1.165) is 0 Å². The summed E-state index contributed by atoms with van der Waals surface area (Å²) < 4.78 is 4.78. The number of aromatic amines is 1. The number of carboxylic acids is 1. The van der Waals surface area contributed by atoms with Gasteiger partial charge in [0.15, 0.2) is 6.61 Å². The first-order valence-electron chi connectivity index (χ1n) is 2.76. The molecule has 0 radical (unpaired) electrons. The van der Waals surface area contributed by atoms with Crippen molar-refractivity contribution in [1.29, 1.82) is 0 Å². The Labute approximate surface area is 57.4 Å². The zero-order valence-corrected chi connectivity index (χ0v) is 5.20. The molecular formula is C6H7NO3. The third-order valence-electron chi connectivity index (χ3n) is 0.932. The van der Waals surface area contributed by atoms with Crippen LogP contribution in [0.2, 0.25) is 0 Å². The smallest absolute Gasteiger partial charge is 0.341 e. The molecule has 0 spiro atoms. The lowest BCUT2D eigenvalue weighted by Gasteiger charge is -1.96. The van der Waals surface area contributed by atoms with Gasteiger partial charge < -0.3 is 14.8 Å². The van der Waals surface area contributed by atoms with E-state index in [1.54, 1.807) is 18.5 Å². The van der Waals surface area contributed by atoms with Crippen LogP contribution in [0, 0.1) is 0 Å². The summed E-state index contributed by atoms with van der Waals surface area (Å²) in [6.45, 7) is -0.294. The highest BCUT2D eigenvalue weighted by Gasteiger charge is 1.97. The molecule has 0 aliphatic carbocycles. The molecule has 1 rings (SSSR count). The highest BCUT2D eigenvalue weighted by atomic mass is 16.5. The number of aliphatic carboxylic acids is 1. The zero-order chi connectivity index (χ0) is 7.40. The van der Waals surface area contributed by atoms with E-state index >= 15 is 0 Å². The average Bonchev–Trinajstić information content (AvgIpc) is 2.34. The molecule has 4 nitrogen and oxygen atoms in total. The van der Waals surface area contributed by atoms with Crippen molar-refractivity contribution >= 4 is 5.97 Å². The Balaban J connectivity index is 2.35. The summed E-state index contributed by atoms with van der Waals surface area (Å²) in [5.74, 6) is -0.427. The topological polar surface area (TPSA) is 62.3 Å². The van der Waals surface area contributed by atoms with Gasteiger partial charge in [0.25, 0.3) is 0 Å². The van der Waals surface area contributed by atoms with Crippen molar-refractivity contribution in [2.24, 2.45) is 0 Å². The van der Waals surface area contributed by atoms with Crippen LogP contribution in [-0.2, 0) is 4.79 Å². The second-order valence-corrected chi connectivity index (χ2v) is 1.73. The molecule has 0 atom stereocenters. The second-order valence-electron chi connectivity index (χ2n) is 1.73. The first-order valence-corrected chi connectivity index (χ1v) is 2.76. The SMILES string of the molecule is O=C(O)COc1cc[nH]c1. The quantitative estimate of drug-likeness (QED) is 0.643. The van der Waals surface area contributed by atoms with Crippen LogP contribution in [0.4, 0.5) is 0 Å². The van der Waals surface area contributed by atoms with Crippen LogP contribution in [-0.4, -0.2) is 22.7 Å². The van der Waals surface area contributed by atoms with Gasteiger partial charge in [-0.3, -0.25) is 0 Å². The van der Waals surface area contributed by atoms with Crippen molar-refractivity contribution in [2.45, 2.75) is 0 Å². The van der Waals surface area contributed by atoms with Crippen LogP contribution in [0.15, 0.2) is 18.5 Å². The molecule has 1 heterocycles. The van der Waals surface area contributed by atoms with Gasteiger partial charge in [-0.1, -0.05) is 0 Å². The Morgan fingerprint density at radius 1 is 1.80 bits per heavy atom.